The van der Waals surface area contributed by atoms with Gasteiger partial charge in [-0.05, 0) is 92.6 Å². The number of carbonyl (C=O) groups is 2. The van der Waals surface area contributed by atoms with E-state index in [1.165, 1.54) is 24.3 Å². The van der Waals surface area contributed by atoms with Crippen LogP contribution in [0.5, 0.6) is 5.75 Å². The maximum atomic E-state index is 13.6. The Morgan fingerprint density at radius 2 is 1.78 bits per heavy atom. The summed E-state index contributed by atoms with van der Waals surface area (Å²) in [6.07, 6.45) is 1.35. The molecule has 0 radical (unpaired) electrons. The van der Waals surface area contributed by atoms with E-state index in [1.807, 2.05) is 13.8 Å². The number of rotatable bonds is 9. The fraction of sp³-hybridized carbons (Fsp3) is 0.259. The first-order valence-electron chi connectivity index (χ1n) is 11.9. The van der Waals surface area contributed by atoms with Crippen molar-refractivity contribution in [3.8, 4) is 5.75 Å². The van der Waals surface area contributed by atoms with E-state index in [4.69, 9.17) is 16.3 Å². The summed E-state index contributed by atoms with van der Waals surface area (Å²) < 4.78 is 33.6. The van der Waals surface area contributed by atoms with Crippen molar-refractivity contribution in [3.05, 3.63) is 77.3 Å². The van der Waals surface area contributed by atoms with Gasteiger partial charge in [0.2, 0.25) is 11.8 Å². The van der Waals surface area contributed by atoms with Gasteiger partial charge in [0.05, 0.1) is 17.2 Å². The van der Waals surface area contributed by atoms with Crippen LogP contribution in [0, 0.1) is 6.92 Å². The molecular formula is C27H28ClN3O5S. The molecule has 2 amide bonds. The zero-order chi connectivity index (χ0) is 26.6. The molecule has 8 nitrogen and oxygen atoms in total. The van der Waals surface area contributed by atoms with Crippen molar-refractivity contribution in [1.29, 1.82) is 0 Å². The average Bonchev–Trinajstić information content (AvgIpc) is 3.29. The van der Waals surface area contributed by atoms with E-state index in [2.05, 4.69) is 5.32 Å². The quantitative estimate of drug-likeness (QED) is 0.411. The van der Waals surface area contributed by atoms with Crippen molar-refractivity contribution in [2.75, 3.05) is 34.2 Å². The second kappa shape index (κ2) is 11.2. The lowest BCUT2D eigenvalue weighted by molar-refractivity contribution is -0.117. The van der Waals surface area contributed by atoms with Gasteiger partial charge in [-0.25, -0.2) is 8.42 Å². The molecule has 10 heteroatoms. The molecule has 1 heterocycles. The minimum atomic E-state index is -4.09. The number of amides is 2. The molecule has 1 fully saturated rings. The highest BCUT2D eigenvalue weighted by Crippen LogP contribution is 2.29. The number of ether oxygens (including phenoxy) is 1. The molecule has 0 saturated carbocycles. The number of hydrogen-bond donors (Lipinski definition) is 1. The van der Waals surface area contributed by atoms with Gasteiger partial charge in [0.25, 0.3) is 10.0 Å². The SMILES string of the molecule is CCOc1ccc(N(CC(=O)Nc2ccc(N3CCCC3=O)c(C)c2)S(=O)(=O)c2ccc(Cl)cc2)cc1. The van der Waals surface area contributed by atoms with Gasteiger partial charge in [-0.2, -0.15) is 0 Å². The standard InChI is InChI=1S/C27H28ClN3O5S/c1-3-36-23-11-9-22(10-12-23)31(37(34,35)24-13-6-20(28)7-14-24)18-26(32)29-21-8-15-25(19(2)17-21)30-16-4-5-27(30)33/h6-15,17H,3-5,16,18H2,1-2H3,(H,29,32). The van der Waals surface area contributed by atoms with Crippen molar-refractivity contribution in [3.63, 3.8) is 0 Å². The number of nitrogens with zero attached hydrogens (tertiary/aromatic N) is 2. The summed E-state index contributed by atoms with van der Waals surface area (Å²) in [4.78, 5) is 26.9. The molecule has 194 valence electrons. The highest BCUT2D eigenvalue weighted by Gasteiger charge is 2.28. The Morgan fingerprint density at radius 1 is 1.08 bits per heavy atom. The van der Waals surface area contributed by atoms with E-state index in [0.29, 0.717) is 41.7 Å². The summed E-state index contributed by atoms with van der Waals surface area (Å²) in [7, 11) is -4.09. The summed E-state index contributed by atoms with van der Waals surface area (Å²) in [6, 6.07) is 17.6. The molecule has 3 aromatic carbocycles. The van der Waals surface area contributed by atoms with Crippen molar-refractivity contribution < 1.29 is 22.7 Å². The van der Waals surface area contributed by atoms with E-state index < -0.39 is 22.5 Å². The van der Waals surface area contributed by atoms with Crippen molar-refractivity contribution >= 4 is 50.5 Å². The molecule has 1 aliphatic heterocycles. The third-order valence-electron chi connectivity index (χ3n) is 5.97. The molecule has 0 atom stereocenters. The summed E-state index contributed by atoms with van der Waals surface area (Å²) in [5.41, 5.74) is 2.47. The van der Waals surface area contributed by atoms with Crippen LogP contribution in [0.4, 0.5) is 17.1 Å². The minimum Gasteiger partial charge on any atom is -0.494 e. The van der Waals surface area contributed by atoms with Crippen LogP contribution in [0.25, 0.3) is 0 Å². The van der Waals surface area contributed by atoms with Gasteiger partial charge in [0.1, 0.15) is 12.3 Å². The number of carbonyl (C=O) groups excluding carboxylic acids is 2. The van der Waals surface area contributed by atoms with E-state index >= 15 is 0 Å². The van der Waals surface area contributed by atoms with Gasteiger partial charge < -0.3 is 15.0 Å². The van der Waals surface area contributed by atoms with Gasteiger partial charge in [-0.3, -0.25) is 13.9 Å². The van der Waals surface area contributed by atoms with Crippen LogP contribution in [0.1, 0.15) is 25.3 Å². The highest BCUT2D eigenvalue weighted by molar-refractivity contribution is 7.92. The molecule has 0 spiro atoms. The highest BCUT2D eigenvalue weighted by atomic mass is 35.5. The zero-order valence-electron chi connectivity index (χ0n) is 20.6. The number of anilines is 3. The molecule has 0 unspecified atom stereocenters. The van der Waals surface area contributed by atoms with E-state index in [-0.39, 0.29) is 10.8 Å². The fourth-order valence-corrected chi connectivity index (χ4v) is 5.74. The van der Waals surface area contributed by atoms with E-state index in [9.17, 15) is 18.0 Å². The zero-order valence-corrected chi connectivity index (χ0v) is 22.2. The monoisotopic (exact) mass is 541 g/mol. The van der Waals surface area contributed by atoms with Crippen LogP contribution in [0.3, 0.4) is 0 Å². The molecule has 1 aliphatic rings. The molecular weight excluding hydrogens is 514 g/mol. The largest absolute Gasteiger partial charge is 0.494 e. The molecule has 37 heavy (non-hydrogen) atoms. The maximum Gasteiger partial charge on any atom is 0.264 e. The van der Waals surface area contributed by atoms with Crippen LogP contribution in [0.15, 0.2) is 71.6 Å². The predicted molar refractivity (Wildman–Crippen MR) is 145 cm³/mol. The van der Waals surface area contributed by atoms with Crippen LogP contribution < -0.4 is 19.3 Å². The molecule has 0 bridgehead atoms. The topological polar surface area (TPSA) is 96.0 Å². The Kier molecular flexibility index (Phi) is 8.04. The molecule has 0 aliphatic carbocycles. The van der Waals surface area contributed by atoms with E-state index in [0.717, 1.165) is 22.0 Å². The Labute approximate surface area is 221 Å². The third-order valence-corrected chi connectivity index (χ3v) is 8.01. The van der Waals surface area contributed by atoms with Crippen LogP contribution >= 0.6 is 11.6 Å². The smallest absolute Gasteiger partial charge is 0.264 e. The minimum absolute atomic E-state index is 0.00839. The molecule has 1 saturated heterocycles. The molecule has 0 aromatic heterocycles. The summed E-state index contributed by atoms with van der Waals surface area (Å²) in [5, 5.41) is 3.18. The van der Waals surface area contributed by atoms with E-state index in [1.54, 1.807) is 47.4 Å². The number of nitrogens with one attached hydrogen (secondary N) is 1. The van der Waals surface area contributed by atoms with Crippen molar-refractivity contribution in [1.82, 2.24) is 0 Å². The number of hydrogen-bond acceptors (Lipinski definition) is 5. The van der Waals surface area contributed by atoms with Gasteiger partial charge in [-0.1, -0.05) is 11.6 Å². The molecule has 4 rings (SSSR count). The third kappa shape index (κ3) is 6.06. The van der Waals surface area contributed by atoms with Crippen molar-refractivity contribution in [2.45, 2.75) is 31.6 Å². The Balaban J connectivity index is 1.58. The lowest BCUT2D eigenvalue weighted by Crippen LogP contribution is -2.38. The predicted octanol–water partition coefficient (Wildman–Crippen LogP) is 5.01. The Morgan fingerprint density at radius 3 is 2.38 bits per heavy atom. The lowest BCUT2D eigenvalue weighted by Gasteiger charge is -2.24. The van der Waals surface area contributed by atoms with Gasteiger partial charge in [0, 0.05) is 29.4 Å². The van der Waals surface area contributed by atoms with Crippen LogP contribution in [-0.2, 0) is 19.6 Å². The summed E-state index contributed by atoms with van der Waals surface area (Å²) in [5.74, 6) is 0.153. The molecule has 3 aromatic rings. The normalized spacial score (nSPS) is 13.5. The van der Waals surface area contributed by atoms with Gasteiger partial charge in [0.15, 0.2) is 0 Å². The Bertz CT molecular complexity index is 1390. The lowest BCUT2D eigenvalue weighted by atomic mass is 10.1. The number of sulfonamides is 1. The summed E-state index contributed by atoms with van der Waals surface area (Å²) >= 11 is 5.95. The van der Waals surface area contributed by atoms with Crippen LogP contribution in [0.2, 0.25) is 5.02 Å². The average molecular weight is 542 g/mol. The Hall–Kier alpha value is -3.56. The van der Waals surface area contributed by atoms with Gasteiger partial charge in [-0.15, -0.1) is 0 Å². The number of benzene rings is 3. The molecule has 1 N–H and O–H groups in total. The number of aryl methyl sites for hydroxylation is 1. The summed E-state index contributed by atoms with van der Waals surface area (Å²) in [6.45, 7) is 4.41. The fourth-order valence-electron chi connectivity index (χ4n) is 4.19. The maximum absolute atomic E-state index is 13.6. The second-order valence-electron chi connectivity index (χ2n) is 8.59. The first-order chi connectivity index (χ1) is 17.7. The van der Waals surface area contributed by atoms with Crippen molar-refractivity contribution in [2.24, 2.45) is 0 Å². The number of halogens is 1. The van der Waals surface area contributed by atoms with Gasteiger partial charge >= 0.3 is 0 Å². The first kappa shape index (κ1) is 26.5. The first-order valence-corrected chi connectivity index (χ1v) is 13.7. The second-order valence-corrected chi connectivity index (χ2v) is 10.9. The van der Waals surface area contributed by atoms with Crippen LogP contribution in [-0.4, -0.2) is 39.9 Å².